The van der Waals surface area contributed by atoms with Crippen molar-refractivity contribution < 1.29 is 13.2 Å². The van der Waals surface area contributed by atoms with Crippen molar-refractivity contribution in [2.45, 2.75) is 19.6 Å². The largest absolute Gasteiger partial charge is 0.418 e. The number of hydrogen-bond acceptors (Lipinski definition) is 1. The highest BCUT2D eigenvalue weighted by Gasteiger charge is 2.34. The number of nitrogens with zero attached hydrogens (tertiary/aromatic N) is 1. The highest BCUT2D eigenvalue weighted by Crippen LogP contribution is 2.35. The monoisotopic (exact) mass is 254 g/mol. The third-order valence-corrected chi connectivity index (χ3v) is 2.81. The van der Waals surface area contributed by atoms with Crippen molar-refractivity contribution in [2.75, 3.05) is 0 Å². The van der Waals surface area contributed by atoms with Gasteiger partial charge in [0, 0.05) is 18.4 Å². The Morgan fingerprint density at radius 2 is 1.94 bits per heavy atom. The molecular formula is C13H13F3N2. The number of nitrogens with two attached hydrogens (primary N) is 1. The second kappa shape index (κ2) is 4.49. The third-order valence-electron chi connectivity index (χ3n) is 2.81. The van der Waals surface area contributed by atoms with E-state index in [4.69, 9.17) is 5.73 Å². The summed E-state index contributed by atoms with van der Waals surface area (Å²) in [6.07, 6.45) is -2.78. The van der Waals surface area contributed by atoms with Crippen LogP contribution in [0.3, 0.4) is 0 Å². The van der Waals surface area contributed by atoms with Gasteiger partial charge in [-0.1, -0.05) is 6.07 Å². The Hall–Kier alpha value is -1.75. The van der Waals surface area contributed by atoms with Gasteiger partial charge in [-0.05, 0) is 36.8 Å². The van der Waals surface area contributed by atoms with Gasteiger partial charge in [-0.15, -0.1) is 0 Å². The Kier molecular flexibility index (Phi) is 3.17. The number of aromatic nitrogens is 1. The van der Waals surface area contributed by atoms with Crippen LogP contribution >= 0.6 is 0 Å². The van der Waals surface area contributed by atoms with Crippen molar-refractivity contribution in [1.29, 1.82) is 0 Å². The quantitative estimate of drug-likeness (QED) is 0.876. The molecule has 0 saturated carbocycles. The van der Waals surface area contributed by atoms with Crippen molar-refractivity contribution in [3.05, 3.63) is 53.3 Å². The molecule has 2 aromatic rings. The lowest BCUT2D eigenvalue weighted by molar-refractivity contribution is -0.137. The number of benzene rings is 1. The van der Waals surface area contributed by atoms with Crippen LogP contribution in [0.1, 0.15) is 16.8 Å². The Morgan fingerprint density at radius 1 is 1.22 bits per heavy atom. The summed E-state index contributed by atoms with van der Waals surface area (Å²) in [6, 6.07) is 7.65. The summed E-state index contributed by atoms with van der Waals surface area (Å²) in [6.45, 7) is 1.85. The lowest BCUT2D eigenvalue weighted by Gasteiger charge is -2.16. The first kappa shape index (κ1) is 12.7. The normalized spacial score (nSPS) is 11.8. The molecule has 0 bridgehead atoms. The van der Waals surface area contributed by atoms with E-state index >= 15 is 0 Å². The van der Waals surface area contributed by atoms with Crippen molar-refractivity contribution >= 4 is 0 Å². The van der Waals surface area contributed by atoms with Crippen LogP contribution in [0.15, 0.2) is 36.5 Å². The Labute approximate surface area is 103 Å². The smallest absolute Gasteiger partial charge is 0.326 e. The number of halogens is 3. The Bertz CT molecular complexity index is 556. The first-order valence-corrected chi connectivity index (χ1v) is 5.48. The third kappa shape index (κ3) is 2.26. The number of alkyl halides is 3. The van der Waals surface area contributed by atoms with Crippen molar-refractivity contribution in [1.82, 2.24) is 4.57 Å². The molecule has 1 aromatic heterocycles. The van der Waals surface area contributed by atoms with Gasteiger partial charge in [0.1, 0.15) is 0 Å². The molecule has 5 heteroatoms. The molecule has 2 nitrogen and oxygen atoms in total. The minimum Gasteiger partial charge on any atom is -0.326 e. The first-order chi connectivity index (χ1) is 8.43. The molecule has 1 heterocycles. The molecule has 2 N–H and O–H groups in total. The Balaban J connectivity index is 2.64. The summed E-state index contributed by atoms with van der Waals surface area (Å²) in [5.41, 5.74) is 6.07. The maximum atomic E-state index is 13.0. The van der Waals surface area contributed by atoms with Crippen LogP contribution in [0.5, 0.6) is 0 Å². The Morgan fingerprint density at radius 3 is 2.44 bits per heavy atom. The van der Waals surface area contributed by atoms with Crippen molar-refractivity contribution in [2.24, 2.45) is 5.73 Å². The predicted octanol–water partition coefficient (Wildman–Crippen LogP) is 3.26. The lowest BCUT2D eigenvalue weighted by atomic mass is 10.1. The molecule has 2 rings (SSSR count). The van der Waals surface area contributed by atoms with Gasteiger partial charge in [-0.25, -0.2) is 0 Å². The molecule has 0 unspecified atom stereocenters. The molecule has 0 aliphatic carbocycles. The van der Waals surface area contributed by atoms with E-state index in [1.54, 1.807) is 31.3 Å². The van der Waals surface area contributed by atoms with Gasteiger partial charge in [-0.2, -0.15) is 13.2 Å². The molecule has 96 valence electrons. The average Bonchev–Trinajstić information content (AvgIpc) is 2.73. The van der Waals surface area contributed by atoms with Gasteiger partial charge in [0.2, 0.25) is 0 Å². The van der Waals surface area contributed by atoms with Crippen LogP contribution in [0.4, 0.5) is 13.2 Å². The van der Waals surface area contributed by atoms with E-state index < -0.39 is 11.7 Å². The highest BCUT2D eigenvalue weighted by atomic mass is 19.4. The van der Waals surface area contributed by atoms with Gasteiger partial charge in [-0.3, -0.25) is 0 Å². The minimum atomic E-state index is -4.39. The average molecular weight is 254 g/mol. The maximum absolute atomic E-state index is 13.0. The maximum Gasteiger partial charge on any atom is 0.418 e. The predicted molar refractivity (Wildman–Crippen MR) is 63.4 cm³/mol. The van der Waals surface area contributed by atoms with E-state index in [0.717, 1.165) is 11.8 Å². The zero-order chi connectivity index (χ0) is 13.3. The fourth-order valence-corrected chi connectivity index (χ4v) is 1.88. The number of hydrogen-bond donors (Lipinski definition) is 1. The molecule has 0 radical (unpaired) electrons. The summed E-state index contributed by atoms with van der Waals surface area (Å²) < 4.78 is 40.6. The van der Waals surface area contributed by atoms with Crippen LogP contribution in [-0.4, -0.2) is 4.57 Å². The molecule has 18 heavy (non-hydrogen) atoms. The molecule has 0 fully saturated rings. The summed E-state index contributed by atoms with van der Waals surface area (Å²) in [5, 5.41) is 0. The van der Waals surface area contributed by atoms with Crippen LogP contribution in [0.25, 0.3) is 5.69 Å². The van der Waals surface area contributed by atoms with Crippen LogP contribution in [-0.2, 0) is 12.7 Å². The van der Waals surface area contributed by atoms with Gasteiger partial charge in [0.05, 0.1) is 11.3 Å². The van der Waals surface area contributed by atoms with E-state index in [0.29, 0.717) is 5.56 Å². The summed E-state index contributed by atoms with van der Waals surface area (Å²) in [5.74, 6) is 0. The van der Waals surface area contributed by atoms with Gasteiger partial charge in [0.15, 0.2) is 0 Å². The lowest BCUT2D eigenvalue weighted by Crippen LogP contribution is -2.12. The molecule has 0 amide bonds. The fraction of sp³-hybridized carbons (Fsp3) is 0.231. The summed E-state index contributed by atoms with van der Waals surface area (Å²) >= 11 is 0. The second-order valence-corrected chi connectivity index (χ2v) is 4.07. The molecule has 0 aliphatic rings. The summed E-state index contributed by atoms with van der Waals surface area (Å²) in [7, 11) is 0. The molecular weight excluding hydrogens is 241 g/mol. The molecule has 0 saturated heterocycles. The van der Waals surface area contributed by atoms with Crippen molar-refractivity contribution in [3.63, 3.8) is 0 Å². The molecule has 0 atom stereocenters. The molecule has 0 spiro atoms. The first-order valence-electron chi connectivity index (χ1n) is 5.48. The zero-order valence-corrected chi connectivity index (χ0v) is 9.83. The van der Waals surface area contributed by atoms with Gasteiger partial charge >= 0.3 is 6.18 Å². The zero-order valence-electron chi connectivity index (χ0n) is 9.83. The van der Waals surface area contributed by atoms with E-state index in [-0.39, 0.29) is 12.2 Å². The molecule has 0 aliphatic heterocycles. The summed E-state index contributed by atoms with van der Waals surface area (Å²) in [4.78, 5) is 0. The van der Waals surface area contributed by atoms with E-state index in [2.05, 4.69) is 0 Å². The van der Waals surface area contributed by atoms with E-state index in [1.165, 1.54) is 10.6 Å². The van der Waals surface area contributed by atoms with Crippen LogP contribution in [0.2, 0.25) is 0 Å². The topological polar surface area (TPSA) is 30.9 Å². The minimum absolute atomic E-state index is 0.0913. The highest BCUT2D eigenvalue weighted by molar-refractivity contribution is 5.47. The van der Waals surface area contributed by atoms with Gasteiger partial charge < -0.3 is 10.3 Å². The standard InChI is InChI=1S/C13H13F3N2/c1-9-3-2-6-18(9)12-5-4-10(8-17)7-11(12)13(14,15)16/h2-7H,8,17H2,1H3. The van der Waals surface area contributed by atoms with Crippen LogP contribution < -0.4 is 5.73 Å². The van der Waals surface area contributed by atoms with E-state index in [9.17, 15) is 13.2 Å². The number of rotatable bonds is 2. The van der Waals surface area contributed by atoms with E-state index in [1.807, 2.05) is 0 Å². The van der Waals surface area contributed by atoms with Crippen molar-refractivity contribution in [3.8, 4) is 5.69 Å². The van der Waals surface area contributed by atoms with Crippen LogP contribution in [0, 0.1) is 6.92 Å². The second-order valence-electron chi connectivity index (χ2n) is 4.07. The number of aryl methyl sites for hydroxylation is 1. The van der Waals surface area contributed by atoms with Gasteiger partial charge in [0.25, 0.3) is 0 Å². The SMILES string of the molecule is Cc1cccn1-c1ccc(CN)cc1C(F)(F)F. The fourth-order valence-electron chi connectivity index (χ4n) is 1.88. The molecule has 1 aromatic carbocycles.